The minimum Gasteiger partial charge on any atom is -0.495 e. The zero-order chi connectivity index (χ0) is 15.3. The second kappa shape index (κ2) is 7.43. The van der Waals surface area contributed by atoms with Crippen molar-refractivity contribution in [2.45, 2.75) is 33.6 Å². The molecule has 0 unspecified atom stereocenters. The van der Waals surface area contributed by atoms with Crippen molar-refractivity contribution in [2.24, 2.45) is 5.92 Å². The molecule has 0 fully saturated rings. The van der Waals surface area contributed by atoms with Crippen molar-refractivity contribution in [2.75, 3.05) is 12.4 Å². The number of ketones is 1. The number of halogens is 1. The van der Waals surface area contributed by atoms with Crippen LogP contribution in [0.4, 0.5) is 5.69 Å². The van der Waals surface area contributed by atoms with Crippen molar-refractivity contribution in [3.05, 3.63) is 22.2 Å². The number of rotatable bonds is 6. The zero-order valence-corrected chi connectivity index (χ0v) is 13.8. The molecule has 0 aliphatic carbocycles. The van der Waals surface area contributed by atoms with Crippen LogP contribution in [0.2, 0.25) is 0 Å². The maximum Gasteiger partial charge on any atom is 0.224 e. The lowest BCUT2D eigenvalue weighted by Gasteiger charge is -2.13. The molecule has 1 aromatic rings. The van der Waals surface area contributed by atoms with Crippen LogP contribution in [-0.2, 0) is 4.79 Å². The fourth-order valence-corrected chi connectivity index (χ4v) is 2.24. The SMILES string of the molecule is COc1cc(NC(=O)CCC(C)C)c(C(C)=O)cc1Br. The summed E-state index contributed by atoms with van der Waals surface area (Å²) in [5.74, 6) is 0.847. The Labute approximate surface area is 128 Å². The van der Waals surface area contributed by atoms with Crippen molar-refractivity contribution in [3.8, 4) is 5.75 Å². The number of hydrogen-bond acceptors (Lipinski definition) is 3. The van der Waals surface area contributed by atoms with E-state index in [1.807, 2.05) is 0 Å². The van der Waals surface area contributed by atoms with Gasteiger partial charge in [-0.15, -0.1) is 0 Å². The normalized spacial score (nSPS) is 10.5. The van der Waals surface area contributed by atoms with Gasteiger partial charge in [-0.25, -0.2) is 0 Å². The number of hydrogen-bond donors (Lipinski definition) is 1. The van der Waals surface area contributed by atoms with E-state index in [1.54, 1.807) is 12.1 Å². The van der Waals surface area contributed by atoms with Gasteiger partial charge in [0.25, 0.3) is 0 Å². The predicted octanol–water partition coefficient (Wildman–Crippen LogP) is 4.04. The van der Waals surface area contributed by atoms with Crippen LogP contribution in [-0.4, -0.2) is 18.8 Å². The standard InChI is InChI=1S/C15H20BrNO3/c1-9(2)5-6-15(19)17-13-8-14(20-4)12(16)7-11(13)10(3)18/h7-9H,5-6H2,1-4H3,(H,17,19). The summed E-state index contributed by atoms with van der Waals surface area (Å²) in [6, 6.07) is 3.33. The lowest BCUT2D eigenvalue weighted by Crippen LogP contribution is -2.14. The number of anilines is 1. The van der Waals surface area contributed by atoms with Crippen LogP contribution in [0.5, 0.6) is 5.75 Å². The first-order chi connectivity index (χ1) is 9.35. The van der Waals surface area contributed by atoms with Crippen LogP contribution in [0, 0.1) is 5.92 Å². The summed E-state index contributed by atoms with van der Waals surface area (Å²) in [6.45, 7) is 5.60. The molecule has 1 amide bonds. The third-order valence-electron chi connectivity index (χ3n) is 2.89. The number of Topliss-reactive ketones (excluding diaryl/α,β-unsaturated/α-hetero) is 1. The molecule has 1 aromatic carbocycles. The quantitative estimate of drug-likeness (QED) is 0.794. The number of nitrogens with one attached hydrogen (secondary N) is 1. The number of methoxy groups -OCH3 is 1. The Morgan fingerprint density at radius 3 is 2.50 bits per heavy atom. The molecule has 0 heterocycles. The Morgan fingerprint density at radius 1 is 1.35 bits per heavy atom. The molecule has 0 radical (unpaired) electrons. The summed E-state index contributed by atoms with van der Waals surface area (Å²) in [4.78, 5) is 23.6. The molecule has 0 saturated heterocycles. The van der Waals surface area contributed by atoms with E-state index in [4.69, 9.17) is 4.74 Å². The Morgan fingerprint density at radius 2 is 2.00 bits per heavy atom. The fourth-order valence-electron chi connectivity index (χ4n) is 1.74. The van der Waals surface area contributed by atoms with E-state index in [0.29, 0.717) is 33.8 Å². The average molecular weight is 342 g/mol. The van der Waals surface area contributed by atoms with Gasteiger partial charge in [-0.05, 0) is 41.3 Å². The largest absolute Gasteiger partial charge is 0.495 e. The maximum atomic E-state index is 11.9. The molecular formula is C15H20BrNO3. The first kappa shape index (κ1) is 16.7. The third-order valence-corrected chi connectivity index (χ3v) is 3.51. The molecule has 4 nitrogen and oxygen atoms in total. The van der Waals surface area contributed by atoms with Gasteiger partial charge in [-0.3, -0.25) is 9.59 Å². The van der Waals surface area contributed by atoms with Gasteiger partial charge in [-0.2, -0.15) is 0 Å². The lowest BCUT2D eigenvalue weighted by atomic mass is 10.1. The van der Waals surface area contributed by atoms with Crippen LogP contribution >= 0.6 is 15.9 Å². The zero-order valence-electron chi connectivity index (χ0n) is 12.2. The first-order valence-electron chi connectivity index (χ1n) is 6.53. The highest BCUT2D eigenvalue weighted by molar-refractivity contribution is 9.10. The van der Waals surface area contributed by atoms with Crippen molar-refractivity contribution in [1.29, 1.82) is 0 Å². The van der Waals surface area contributed by atoms with Crippen LogP contribution in [0.1, 0.15) is 44.0 Å². The molecule has 0 aromatic heterocycles. The van der Waals surface area contributed by atoms with E-state index in [9.17, 15) is 9.59 Å². The fraction of sp³-hybridized carbons (Fsp3) is 0.467. The van der Waals surface area contributed by atoms with Gasteiger partial charge in [0.2, 0.25) is 5.91 Å². The summed E-state index contributed by atoms with van der Waals surface area (Å²) < 4.78 is 5.88. The van der Waals surface area contributed by atoms with Crippen LogP contribution < -0.4 is 10.1 Å². The van der Waals surface area contributed by atoms with Gasteiger partial charge >= 0.3 is 0 Å². The second-order valence-electron chi connectivity index (χ2n) is 5.07. The smallest absolute Gasteiger partial charge is 0.224 e. The monoisotopic (exact) mass is 341 g/mol. The Kier molecular flexibility index (Phi) is 6.20. The topological polar surface area (TPSA) is 55.4 Å². The van der Waals surface area contributed by atoms with Crippen molar-refractivity contribution >= 4 is 33.3 Å². The van der Waals surface area contributed by atoms with Crippen LogP contribution in [0.3, 0.4) is 0 Å². The van der Waals surface area contributed by atoms with E-state index in [0.717, 1.165) is 6.42 Å². The average Bonchev–Trinajstić information content (AvgIpc) is 2.37. The van der Waals surface area contributed by atoms with E-state index in [2.05, 4.69) is 35.1 Å². The van der Waals surface area contributed by atoms with E-state index in [-0.39, 0.29) is 11.7 Å². The second-order valence-corrected chi connectivity index (χ2v) is 5.92. The first-order valence-corrected chi connectivity index (χ1v) is 7.32. The van der Waals surface area contributed by atoms with E-state index >= 15 is 0 Å². The van der Waals surface area contributed by atoms with Crippen molar-refractivity contribution < 1.29 is 14.3 Å². The highest BCUT2D eigenvalue weighted by atomic mass is 79.9. The number of amides is 1. The van der Waals surface area contributed by atoms with E-state index < -0.39 is 0 Å². The highest BCUT2D eigenvalue weighted by Gasteiger charge is 2.14. The van der Waals surface area contributed by atoms with Gasteiger partial charge in [0.1, 0.15) is 5.75 Å². The molecule has 1 N–H and O–H groups in total. The summed E-state index contributed by atoms with van der Waals surface area (Å²) in [5.41, 5.74) is 0.960. The number of carbonyl (C=O) groups excluding carboxylic acids is 2. The van der Waals surface area contributed by atoms with Crippen LogP contribution in [0.15, 0.2) is 16.6 Å². The summed E-state index contributed by atoms with van der Waals surface area (Å²) >= 11 is 3.34. The van der Waals surface area contributed by atoms with Gasteiger partial charge in [0.15, 0.2) is 5.78 Å². The summed E-state index contributed by atoms with van der Waals surface area (Å²) in [6.07, 6.45) is 1.25. The lowest BCUT2D eigenvalue weighted by molar-refractivity contribution is -0.116. The van der Waals surface area contributed by atoms with E-state index in [1.165, 1.54) is 14.0 Å². The van der Waals surface area contributed by atoms with Gasteiger partial charge in [0.05, 0.1) is 17.3 Å². The number of benzene rings is 1. The molecule has 1 rings (SSSR count). The van der Waals surface area contributed by atoms with Crippen molar-refractivity contribution in [1.82, 2.24) is 0 Å². The number of ether oxygens (including phenoxy) is 1. The Hall–Kier alpha value is -1.36. The highest BCUT2D eigenvalue weighted by Crippen LogP contribution is 2.32. The molecule has 5 heteroatoms. The van der Waals surface area contributed by atoms with Gasteiger partial charge in [0, 0.05) is 18.1 Å². The third kappa shape index (κ3) is 4.63. The predicted molar refractivity (Wildman–Crippen MR) is 83.4 cm³/mol. The minimum absolute atomic E-state index is 0.0921. The molecule has 0 bridgehead atoms. The van der Waals surface area contributed by atoms with Gasteiger partial charge < -0.3 is 10.1 Å². The van der Waals surface area contributed by atoms with Crippen molar-refractivity contribution in [3.63, 3.8) is 0 Å². The Balaban J connectivity index is 2.97. The molecule has 0 spiro atoms. The molecule has 0 aliphatic heterocycles. The Bertz CT molecular complexity index is 512. The molecule has 110 valence electrons. The molecular weight excluding hydrogens is 322 g/mol. The van der Waals surface area contributed by atoms with Crippen LogP contribution in [0.25, 0.3) is 0 Å². The maximum absolute atomic E-state index is 11.9. The molecule has 0 saturated carbocycles. The molecule has 0 aliphatic rings. The summed E-state index contributed by atoms with van der Waals surface area (Å²) in [7, 11) is 1.54. The summed E-state index contributed by atoms with van der Waals surface area (Å²) in [5, 5.41) is 2.79. The molecule has 20 heavy (non-hydrogen) atoms. The number of carbonyl (C=O) groups is 2. The molecule has 0 atom stereocenters. The van der Waals surface area contributed by atoms with Gasteiger partial charge in [-0.1, -0.05) is 13.8 Å². The minimum atomic E-state index is -0.104.